The van der Waals surface area contributed by atoms with Crippen LogP contribution in [0.2, 0.25) is 0 Å². The van der Waals surface area contributed by atoms with Crippen LogP contribution < -0.4 is 5.73 Å². The lowest BCUT2D eigenvalue weighted by Gasteiger charge is -2.52. The predicted molar refractivity (Wildman–Crippen MR) is 168 cm³/mol. The Balaban J connectivity index is 1.30. The van der Waals surface area contributed by atoms with Crippen LogP contribution in [0, 0.1) is 41.4 Å². The Bertz CT molecular complexity index is 1670. The number of ketones is 4. The third-order valence-corrected chi connectivity index (χ3v) is 11.0. The van der Waals surface area contributed by atoms with Gasteiger partial charge in [0.25, 0.3) is 0 Å². The zero-order valence-electron chi connectivity index (χ0n) is 26.7. The molecular formula is C36H40N2O9. The summed E-state index contributed by atoms with van der Waals surface area (Å²) in [5, 5.41) is 22.7. The van der Waals surface area contributed by atoms with E-state index in [9.17, 15) is 39.0 Å². The number of carbonyl (C=O) groups is 6. The minimum absolute atomic E-state index is 0.0251. The molecule has 11 nitrogen and oxygen atoms in total. The van der Waals surface area contributed by atoms with Crippen LogP contribution in [0.25, 0.3) is 11.1 Å². The molecule has 0 spiro atoms. The van der Waals surface area contributed by atoms with Crippen LogP contribution >= 0.6 is 0 Å². The normalized spacial score (nSPS) is 29.7. The lowest BCUT2D eigenvalue weighted by atomic mass is 9.49. The fourth-order valence-electron chi connectivity index (χ4n) is 8.67. The van der Waals surface area contributed by atoms with Crippen molar-refractivity contribution in [2.45, 2.75) is 51.7 Å². The van der Waals surface area contributed by atoms with Crippen LogP contribution in [0.1, 0.15) is 54.6 Å². The smallest absolute Gasteiger partial charge is 0.308 e. The van der Waals surface area contributed by atoms with Gasteiger partial charge >= 0.3 is 5.97 Å². The van der Waals surface area contributed by atoms with Crippen LogP contribution in [0.15, 0.2) is 36.4 Å². The SMILES string of the molecule is COC(=O)C1CCN(Cc2ccc(-c3ccc(O)c4c3C[C@H]3C[C@H]5[C@H](C(C)C)C(=O)C(C(N)=O)C(=O)[C@@]5(O)C(=O)C3C4=O)cc2)CC1. The topological polar surface area (TPSA) is 181 Å². The van der Waals surface area contributed by atoms with E-state index in [2.05, 4.69) is 4.90 Å². The minimum atomic E-state index is -2.71. The highest BCUT2D eigenvalue weighted by Gasteiger charge is 2.69. The van der Waals surface area contributed by atoms with Gasteiger partial charge in [0.15, 0.2) is 34.7 Å². The molecule has 4 N–H and O–H groups in total. The third-order valence-electron chi connectivity index (χ3n) is 11.0. The molecule has 1 heterocycles. The van der Waals surface area contributed by atoms with Gasteiger partial charge in [-0.15, -0.1) is 0 Å². The van der Waals surface area contributed by atoms with Crippen LogP contribution in [0.4, 0.5) is 0 Å². The molecule has 6 rings (SSSR count). The number of carbonyl (C=O) groups excluding carboxylic acids is 6. The quantitative estimate of drug-likeness (QED) is 0.312. The number of nitrogens with zero attached hydrogens (tertiary/aromatic N) is 1. The number of hydrogen-bond donors (Lipinski definition) is 3. The van der Waals surface area contributed by atoms with Crippen molar-refractivity contribution in [2.75, 3.05) is 20.2 Å². The van der Waals surface area contributed by atoms with Gasteiger partial charge in [-0.05, 0) is 78.9 Å². The number of Topliss-reactive ketones (excluding diaryl/α,β-unsaturated/α-hetero) is 4. The fourth-order valence-corrected chi connectivity index (χ4v) is 8.67. The number of aromatic hydroxyl groups is 1. The number of phenols is 1. The maximum atomic E-state index is 14.1. The Morgan fingerprint density at radius 3 is 2.28 bits per heavy atom. The Hall–Kier alpha value is -4.22. The summed E-state index contributed by atoms with van der Waals surface area (Å²) in [6.45, 7) is 5.72. The fraction of sp³-hybridized carbons (Fsp3) is 0.500. The zero-order valence-corrected chi connectivity index (χ0v) is 26.7. The second kappa shape index (κ2) is 12.1. The van der Waals surface area contributed by atoms with Crippen LogP contribution in [-0.2, 0) is 41.7 Å². The number of esters is 1. The number of benzene rings is 2. The van der Waals surface area contributed by atoms with Crippen LogP contribution in [-0.4, -0.2) is 75.9 Å². The molecule has 248 valence electrons. The van der Waals surface area contributed by atoms with Gasteiger partial charge < -0.3 is 20.7 Å². The summed E-state index contributed by atoms with van der Waals surface area (Å²) >= 11 is 0. The molecule has 0 bridgehead atoms. The molecular weight excluding hydrogens is 604 g/mol. The van der Waals surface area contributed by atoms with Gasteiger partial charge in [0.1, 0.15) is 5.75 Å². The summed E-state index contributed by atoms with van der Waals surface area (Å²) < 4.78 is 4.88. The number of primary amides is 1. The molecule has 0 radical (unpaired) electrons. The summed E-state index contributed by atoms with van der Waals surface area (Å²) in [5.41, 5.74) is 5.84. The van der Waals surface area contributed by atoms with E-state index in [-0.39, 0.29) is 36.0 Å². The Kier molecular flexibility index (Phi) is 8.42. The zero-order chi connectivity index (χ0) is 33.9. The van der Waals surface area contributed by atoms with Crippen LogP contribution in [0.3, 0.4) is 0 Å². The number of aliphatic hydroxyl groups is 1. The van der Waals surface area contributed by atoms with Crippen molar-refractivity contribution in [3.63, 3.8) is 0 Å². The number of fused-ring (bicyclic) bond motifs is 3. The van der Waals surface area contributed by atoms with Gasteiger partial charge in [0.2, 0.25) is 5.91 Å². The molecule has 4 aliphatic rings. The van der Waals surface area contributed by atoms with Gasteiger partial charge in [-0.1, -0.05) is 44.2 Å². The van der Waals surface area contributed by atoms with E-state index in [1.165, 1.54) is 13.2 Å². The molecule has 0 aromatic heterocycles. The number of amides is 1. The van der Waals surface area contributed by atoms with Crippen molar-refractivity contribution < 1.29 is 43.7 Å². The number of rotatable bonds is 6. The number of hydrogen-bond acceptors (Lipinski definition) is 10. The number of methoxy groups -OCH3 is 1. The molecule has 1 saturated heterocycles. The van der Waals surface area contributed by atoms with Gasteiger partial charge in [0, 0.05) is 18.4 Å². The van der Waals surface area contributed by atoms with Crippen molar-refractivity contribution in [2.24, 2.45) is 47.2 Å². The van der Waals surface area contributed by atoms with Crippen molar-refractivity contribution in [1.29, 1.82) is 0 Å². The first-order valence-corrected chi connectivity index (χ1v) is 16.2. The third kappa shape index (κ3) is 5.20. The molecule has 2 saturated carbocycles. The molecule has 2 aromatic rings. The summed E-state index contributed by atoms with van der Waals surface area (Å²) in [6, 6.07) is 11.0. The van der Waals surface area contributed by atoms with E-state index in [0.717, 1.165) is 37.1 Å². The highest BCUT2D eigenvalue weighted by Crippen LogP contribution is 2.53. The molecule has 47 heavy (non-hydrogen) atoms. The maximum Gasteiger partial charge on any atom is 0.308 e. The summed E-state index contributed by atoms with van der Waals surface area (Å²) in [5.74, 6) is -12.0. The first-order valence-electron chi connectivity index (χ1n) is 16.2. The first-order chi connectivity index (χ1) is 22.3. The molecule has 1 amide bonds. The first kappa shape index (κ1) is 32.7. The summed E-state index contributed by atoms with van der Waals surface area (Å²) in [6.07, 6.45) is 1.72. The number of phenolic OH excluding ortho intramolecular Hbond substituents is 1. The van der Waals surface area contributed by atoms with E-state index >= 15 is 0 Å². The number of piperidine rings is 1. The van der Waals surface area contributed by atoms with Crippen molar-refractivity contribution in [1.82, 2.24) is 4.90 Å². The molecule has 6 atom stereocenters. The molecule has 3 fully saturated rings. The second-order valence-corrected chi connectivity index (χ2v) is 13.9. The largest absolute Gasteiger partial charge is 0.507 e. The number of likely N-dealkylation sites (tertiary alicyclic amines) is 1. The molecule has 3 aliphatic carbocycles. The minimum Gasteiger partial charge on any atom is -0.507 e. The standard InChI is InChI=1S/C36H40N2O9/c1-17(2)26-24-15-21-14-23-22(19-6-4-18(5-7-19)16-38-12-10-20(11-13-38)35(45)47-3)8-9-25(39)28(23)31(41)27(21)32(42)36(24,46)33(43)29(30(26)40)34(37)44/h4-9,17,20-21,24,26-27,29,39,46H,10-16H2,1-3H3,(H2,37,44)/t21-,24-,26-,27?,29?,36-/m0/s1. The maximum absolute atomic E-state index is 14.1. The number of nitrogens with two attached hydrogens (primary N) is 1. The van der Waals surface area contributed by atoms with Gasteiger partial charge in [-0.25, -0.2) is 0 Å². The van der Waals surface area contributed by atoms with Gasteiger partial charge in [-0.2, -0.15) is 0 Å². The summed E-state index contributed by atoms with van der Waals surface area (Å²) in [4.78, 5) is 81.3. The molecule has 11 heteroatoms. The second-order valence-electron chi connectivity index (χ2n) is 13.9. The van der Waals surface area contributed by atoms with Crippen molar-refractivity contribution >= 4 is 35.0 Å². The van der Waals surface area contributed by atoms with E-state index in [1.807, 2.05) is 24.3 Å². The number of ether oxygens (including phenoxy) is 1. The highest BCUT2D eigenvalue weighted by molar-refractivity contribution is 6.32. The lowest BCUT2D eigenvalue weighted by Crippen LogP contribution is -2.71. The van der Waals surface area contributed by atoms with Crippen molar-refractivity contribution in [3.8, 4) is 16.9 Å². The summed E-state index contributed by atoms with van der Waals surface area (Å²) in [7, 11) is 1.41. The van der Waals surface area contributed by atoms with E-state index in [1.54, 1.807) is 19.9 Å². The van der Waals surface area contributed by atoms with E-state index < -0.39 is 70.1 Å². The van der Waals surface area contributed by atoms with E-state index in [4.69, 9.17) is 10.5 Å². The lowest BCUT2D eigenvalue weighted by molar-refractivity contribution is -0.182. The van der Waals surface area contributed by atoms with E-state index in [0.29, 0.717) is 17.7 Å². The predicted octanol–water partition coefficient (Wildman–Crippen LogP) is 2.26. The van der Waals surface area contributed by atoms with Gasteiger partial charge in [-0.3, -0.25) is 33.7 Å². The van der Waals surface area contributed by atoms with Crippen LogP contribution in [0.5, 0.6) is 5.75 Å². The average molecular weight is 645 g/mol. The highest BCUT2D eigenvalue weighted by atomic mass is 16.5. The molecule has 1 aliphatic heterocycles. The monoisotopic (exact) mass is 644 g/mol. The van der Waals surface area contributed by atoms with Crippen molar-refractivity contribution in [3.05, 3.63) is 53.1 Å². The Morgan fingerprint density at radius 2 is 1.68 bits per heavy atom. The Morgan fingerprint density at radius 1 is 1.02 bits per heavy atom. The molecule has 2 unspecified atom stereocenters. The Labute approximate surface area is 272 Å². The van der Waals surface area contributed by atoms with Gasteiger partial charge in [0.05, 0.1) is 24.5 Å². The average Bonchev–Trinajstić information content (AvgIpc) is 3.03. The molecule has 2 aromatic carbocycles.